The zero-order valence-electron chi connectivity index (χ0n) is 11.6. The quantitative estimate of drug-likeness (QED) is 0.387. The molecule has 0 aliphatic heterocycles. The highest BCUT2D eigenvalue weighted by molar-refractivity contribution is 7.21. The second kappa shape index (κ2) is 4.42. The number of hydrogen-bond donors (Lipinski definition) is 0. The fourth-order valence-electron chi connectivity index (χ4n) is 2.90. The van der Waals surface area contributed by atoms with Crippen LogP contribution < -0.4 is 0 Å². The summed E-state index contributed by atoms with van der Waals surface area (Å²) in [4.78, 5) is 4.76. The molecule has 0 spiro atoms. The van der Waals surface area contributed by atoms with Crippen LogP contribution >= 0.6 is 11.3 Å². The summed E-state index contributed by atoms with van der Waals surface area (Å²) in [5.74, 6) is 0. The Hall–Kier alpha value is -2.65. The standard InChI is InChI=1S/C19H11NOS/c1-3-10-16-12(6-1)13-7-5-8-14(18(13)21-16)19-20-15-9-2-4-11-17(15)22-19/h1-11H. The van der Waals surface area contributed by atoms with Gasteiger partial charge < -0.3 is 4.42 Å². The van der Waals surface area contributed by atoms with Crippen LogP contribution in [0.2, 0.25) is 0 Å². The molecular formula is C19H11NOS. The number of aromatic nitrogens is 1. The third-order valence-electron chi connectivity index (χ3n) is 3.93. The summed E-state index contributed by atoms with van der Waals surface area (Å²) in [5.41, 5.74) is 3.94. The van der Waals surface area contributed by atoms with Crippen molar-refractivity contribution in [3.8, 4) is 10.6 Å². The van der Waals surface area contributed by atoms with Gasteiger partial charge in [-0.1, -0.05) is 42.5 Å². The van der Waals surface area contributed by atoms with E-state index in [1.807, 2.05) is 36.4 Å². The van der Waals surface area contributed by atoms with Gasteiger partial charge in [0.15, 0.2) is 0 Å². The molecule has 0 radical (unpaired) electrons. The van der Waals surface area contributed by atoms with Crippen molar-refractivity contribution in [2.24, 2.45) is 0 Å². The monoisotopic (exact) mass is 301 g/mol. The Morgan fingerprint density at radius 3 is 2.55 bits per heavy atom. The molecule has 2 heterocycles. The molecule has 0 aliphatic rings. The first kappa shape index (κ1) is 12.0. The zero-order valence-corrected chi connectivity index (χ0v) is 12.4. The van der Waals surface area contributed by atoms with Crippen LogP contribution in [0.4, 0.5) is 0 Å². The van der Waals surface area contributed by atoms with Crippen molar-refractivity contribution in [3.05, 3.63) is 66.7 Å². The molecule has 0 bridgehead atoms. The summed E-state index contributed by atoms with van der Waals surface area (Å²) < 4.78 is 7.30. The van der Waals surface area contributed by atoms with Gasteiger partial charge in [-0.25, -0.2) is 4.98 Å². The molecule has 0 atom stereocenters. The lowest BCUT2D eigenvalue weighted by Crippen LogP contribution is -1.76. The number of rotatable bonds is 1. The number of benzene rings is 3. The molecule has 0 unspecified atom stereocenters. The Bertz CT molecular complexity index is 1100. The molecule has 3 aromatic carbocycles. The highest BCUT2D eigenvalue weighted by atomic mass is 32.1. The van der Waals surface area contributed by atoms with E-state index in [0.29, 0.717) is 0 Å². The summed E-state index contributed by atoms with van der Waals surface area (Å²) in [6.45, 7) is 0. The van der Waals surface area contributed by atoms with E-state index in [-0.39, 0.29) is 0 Å². The van der Waals surface area contributed by atoms with Gasteiger partial charge in [0.05, 0.1) is 15.8 Å². The Morgan fingerprint density at radius 1 is 0.773 bits per heavy atom. The van der Waals surface area contributed by atoms with Crippen molar-refractivity contribution in [1.29, 1.82) is 0 Å². The minimum absolute atomic E-state index is 0.919. The molecule has 104 valence electrons. The van der Waals surface area contributed by atoms with Crippen LogP contribution in [0.5, 0.6) is 0 Å². The van der Waals surface area contributed by atoms with Crippen molar-refractivity contribution in [2.45, 2.75) is 0 Å². The second-order valence-electron chi connectivity index (χ2n) is 5.27. The minimum Gasteiger partial charge on any atom is -0.455 e. The summed E-state index contributed by atoms with van der Waals surface area (Å²) in [7, 11) is 0. The first-order chi connectivity index (χ1) is 10.9. The highest BCUT2D eigenvalue weighted by Gasteiger charge is 2.14. The summed E-state index contributed by atoms with van der Waals surface area (Å²) in [6.07, 6.45) is 0. The van der Waals surface area contributed by atoms with E-state index in [0.717, 1.165) is 38.0 Å². The van der Waals surface area contributed by atoms with Crippen molar-refractivity contribution < 1.29 is 4.42 Å². The van der Waals surface area contributed by atoms with Gasteiger partial charge in [-0.15, -0.1) is 11.3 Å². The first-order valence-corrected chi connectivity index (χ1v) is 7.98. The molecule has 0 N–H and O–H groups in total. The fraction of sp³-hybridized carbons (Fsp3) is 0. The average molecular weight is 301 g/mol. The van der Waals surface area contributed by atoms with Crippen molar-refractivity contribution in [1.82, 2.24) is 4.98 Å². The predicted octanol–water partition coefficient (Wildman–Crippen LogP) is 5.86. The van der Waals surface area contributed by atoms with Crippen LogP contribution in [0.1, 0.15) is 0 Å². The van der Waals surface area contributed by atoms with Gasteiger partial charge in [-0.3, -0.25) is 0 Å². The van der Waals surface area contributed by atoms with E-state index in [1.165, 1.54) is 4.70 Å². The lowest BCUT2D eigenvalue weighted by atomic mass is 10.1. The summed E-state index contributed by atoms with van der Waals surface area (Å²) >= 11 is 1.70. The van der Waals surface area contributed by atoms with Crippen LogP contribution in [0, 0.1) is 0 Å². The largest absolute Gasteiger partial charge is 0.455 e. The maximum atomic E-state index is 6.10. The van der Waals surface area contributed by atoms with Gasteiger partial charge >= 0.3 is 0 Å². The number of thiazole rings is 1. The SMILES string of the molecule is c1ccc2sc(-c3cccc4c3oc3ccccc34)nc2c1. The smallest absolute Gasteiger partial charge is 0.145 e. The number of furan rings is 1. The molecule has 0 fully saturated rings. The molecular weight excluding hydrogens is 290 g/mol. The Kier molecular flexibility index (Phi) is 2.40. The maximum Gasteiger partial charge on any atom is 0.145 e. The van der Waals surface area contributed by atoms with Crippen LogP contribution in [0.3, 0.4) is 0 Å². The minimum atomic E-state index is 0.919. The molecule has 0 saturated carbocycles. The van der Waals surface area contributed by atoms with E-state index < -0.39 is 0 Å². The zero-order chi connectivity index (χ0) is 14.5. The van der Waals surface area contributed by atoms with Gasteiger partial charge in [-0.2, -0.15) is 0 Å². The highest BCUT2D eigenvalue weighted by Crippen LogP contribution is 2.38. The van der Waals surface area contributed by atoms with Crippen LogP contribution in [-0.2, 0) is 0 Å². The van der Waals surface area contributed by atoms with Crippen molar-refractivity contribution in [2.75, 3.05) is 0 Å². The van der Waals surface area contributed by atoms with Gasteiger partial charge in [0, 0.05) is 10.8 Å². The lowest BCUT2D eigenvalue weighted by molar-refractivity contribution is 0.670. The third-order valence-corrected chi connectivity index (χ3v) is 5.00. The molecule has 5 aromatic rings. The van der Waals surface area contributed by atoms with Gasteiger partial charge in [0.25, 0.3) is 0 Å². The van der Waals surface area contributed by atoms with Crippen LogP contribution in [0.15, 0.2) is 71.1 Å². The molecule has 5 rings (SSSR count). The van der Waals surface area contributed by atoms with E-state index in [1.54, 1.807) is 11.3 Å². The molecule has 0 amide bonds. The first-order valence-electron chi connectivity index (χ1n) is 7.16. The Morgan fingerprint density at radius 2 is 1.59 bits per heavy atom. The maximum absolute atomic E-state index is 6.10. The lowest BCUT2D eigenvalue weighted by Gasteiger charge is -1.97. The number of hydrogen-bond acceptors (Lipinski definition) is 3. The number of para-hydroxylation sites is 3. The third kappa shape index (κ3) is 1.63. The molecule has 22 heavy (non-hydrogen) atoms. The Balaban J connectivity index is 1.87. The summed E-state index contributed by atoms with van der Waals surface area (Å²) in [5, 5.41) is 3.30. The second-order valence-corrected chi connectivity index (χ2v) is 6.30. The molecule has 2 aromatic heterocycles. The van der Waals surface area contributed by atoms with Crippen molar-refractivity contribution in [3.63, 3.8) is 0 Å². The topological polar surface area (TPSA) is 26.0 Å². The Labute approximate surface area is 130 Å². The molecule has 0 aliphatic carbocycles. The summed E-state index contributed by atoms with van der Waals surface area (Å²) in [6, 6.07) is 22.7. The van der Waals surface area contributed by atoms with Crippen LogP contribution in [-0.4, -0.2) is 4.98 Å². The van der Waals surface area contributed by atoms with Crippen LogP contribution in [0.25, 0.3) is 42.7 Å². The van der Waals surface area contributed by atoms with E-state index in [2.05, 4.69) is 30.3 Å². The average Bonchev–Trinajstić information content (AvgIpc) is 3.15. The predicted molar refractivity (Wildman–Crippen MR) is 92.3 cm³/mol. The number of fused-ring (bicyclic) bond motifs is 4. The van der Waals surface area contributed by atoms with Crippen molar-refractivity contribution >= 4 is 43.5 Å². The molecule has 3 heteroatoms. The fourth-order valence-corrected chi connectivity index (χ4v) is 3.89. The number of nitrogens with zero attached hydrogens (tertiary/aromatic N) is 1. The van der Waals surface area contributed by atoms with Gasteiger partial charge in [0.2, 0.25) is 0 Å². The van der Waals surface area contributed by atoms with E-state index >= 15 is 0 Å². The molecule has 0 saturated heterocycles. The van der Waals surface area contributed by atoms with Gasteiger partial charge in [-0.05, 0) is 24.3 Å². The normalized spacial score (nSPS) is 11.6. The van der Waals surface area contributed by atoms with Gasteiger partial charge in [0.1, 0.15) is 16.2 Å². The van der Waals surface area contributed by atoms with E-state index in [4.69, 9.17) is 9.40 Å². The van der Waals surface area contributed by atoms with E-state index in [9.17, 15) is 0 Å². The molecule has 2 nitrogen and oxygen atoms in total.